The molecule has 19 heavy (non-hydrogen) atoms. The van der Waals surface area contributed by atoms with Crippen LogP contribution in [0, 0.1) is 0 Å². The van der Waals surface area contributed by atoms with Crippen LogP contribution in [0.2, 0.25) is 0 Å². The van der Waals surface area contributed by atoms with Gasteiger partial charge in [0.05, 0.1) is 11.6 Å². The quantitative estimate of drug-likeness (QED) is 0.900. The fourth-order valence-electron chi connectivity index (χ4n) is 2.10. The first-order chi connectivity index (χ1) is 8.82. The van der Waals surface area contributed by atoms with Gasteiger partial charge in [0.2, 0.25) is 5.91 Å². The van der Waals surface area contributed by atoms with Gasteiger partial charge in [-0.05, 0) is 31.7 Å². The lowest BCUT2D eigenvalue weighted by Crippen LogP contribution is -2.36. The first-order valence-electron chi connectivity index (χ1n) is 5.69. The molecule has 3 nitrogen and oxygen atoms in total. The molecular formula is C12H12BrF3N2O. The molecule has 104 valence electrons. The summed E-state index contributed by atoms with van der Waals surface area (Å²) in [4.78, 5) is 13.4. The van der Waals surface area contributed by atoms with Crippen molar-refractivity contribution in [2.45, 2.75) is 18.6 Å². The second kappa shape index (κ2) is 5.13. The van der Waals surface area contributed by atoms with Crippen molar-refractivity contribution in [1.29, 1.82) is 0 Å². The molecule has 0 spiro atoms. The normalized spacial score (nSPS) is 20.2. The molecule has 7 heteroatoms. The highest BCUT2D eigenvalue weighted by Gasteiger charge is 2.35. The largest absolute Gasteiger partial charge is 0.416 e. The van der Waals surface area contributed by atoms with Gasteiger partial charge < -0.3 is 10.2 Å². The number of rotatable bonds is 2. The smallest absolute Gasteiger partial charge is 0.311 e. The van der Waals surface area contributed by atoms with E-state index in [1.54, 1.807) is 7.05 Å². The Labute approximate surface area is 116 Å². The van der Waals surface area contributed by atoms with Gasteiger partial charge in [-0.15, -0.1) is 0 Å². The van der Waals surface area contributed by atoms with Crippen molar-refractivity contribution in [1.82, 2.24) is 5.32 Å². The average molecular weight is 337 g/mol. The lowest BCUT2D eigenvalue weighted by molar-refractivity contribution is -0.137. The van der Waals surface area contributed by atoms with Crippen molar-refractivity contribution in [3.05, 3.63) is 28.2 Å². The van der Waals surface area contributed by atoms with Crippen LogP contribution in [-0.4, -0.2) is 25.5 Å². The Kier molecular flexibility index (Phi) is 3.87. The number of nitrogens with zero attached hydrogens (tertiary/aromatic N) is 1. The third-order valence-electron chi connectivity index (χ3n) is 3.08. The maximum Gasteiger partial charge on any atom is 0.416 e. The first-order valence-corrected chi connectivity index (χ1v) is 6.48. The number of hydrogen-bond donors (Lipinski definition) is 1. The molecule has 1 saturated heterocycles. The van der Waals surface area contributed by atoms with Crippen LogP contribution < -0.4 is 10.2 Å². The number of carbonyl (C=O) groups is 1. The van der Waals surface area contributed by atoms with Gasteiger partial charge in [-0.25, -0.2) is 0 Å². The van der Waals surface area contributed by atoms with Crippen LogP contribution in [0.25, 0.3) is 0 Å². The summed E-state index contributed by atoms with van der Waals surface area (Å²) in [5.41, 5.74) is -0.498. The van der Waals surface area contributed by atoms with Gasteiger partial charge in [0.15, 0.2) is 0 Å². The van der Waals surface area contributed by atoms with Crippen LogP contribution in [0.4, 0.5) is 18.9 Å². The molecular weight excluding hydrogens is 325 g/mol. The van der Waals surface area contributed by atoms with Crippen molar-refractivity contribution in [3.63, 3.8) is 0 Å². The number of benzene rings is 1. The zero-order valence-corrected chi connectivity index (χ0v) is 11.7. The topological polar surface area (TPSA) is 32.3 Å². The van der Waals surface area contributed by atoms with E-state index in [4.69, 9.17) is 0 Å². The van der Waals surface area contributed by atoms with Crippen molar-refractivity contribution in [3.8, 4) is 0 Å². The van der Waals surface area contributed by atoms with Crippen molar-refractivity contribution in [2.75, 3.05) is 18.5 Å². The number of halogens is 4. The van der Waals surface area contributed by atoms with Crippen LogP contribution in [0.3, 0.4) is 0 Å². The molecule has 0 bridgehead atoms. The minimum atomic E-state index is -4.43. The van der Waals surface area contributed by atoms with Gasteiger partial charge in [-0.3, -0.25) is 4.79 Å². The number of nitrogens with one attached hydrogen (secondary N) is 1. The van der Waals surface area contributed by atoms with E-state index in [-0.39, 0.29) is 17.6 Å². The van der Waals surface area contributed by atoms with Gasteiger partial charge in [-0.2, -0.15) is 13.2 Å². The molecule has 1 amide bonds. The van der Waals surface area contributed by atoms with Gasteiger partial charge in [0, 0.05) is 16.7 Å². The first kappa shape index (κ1) is 14.3. The van der Waals surface area contributed by atoms with Crippen molar-refractivity contribution >= 4 is 27.5 Å². The van der Waals surface area contributed by atoms with Crippen LogP contribution >= 0.6 is 15.9 Å². The summed E-state index contributed by atoms with van der Waals surface area (Å²) in [6.07, 6.45) is -3.84. The molecule has 1 N–H and O–H groups in total. The maximum atomic E-state index is 12.7. The highest BCUT2D eigenvalue weighted by molar-refractivity contribution is 9.10. The summed E-state index contributed by atoms with van der Waals surface area (Å²) in [5, 5.41) is 2.85. The molecule has 1 aliphatic rings. The number of carbonyl (C=O) groups excluding carboxylic acids is 1. The summed E-state index contributed by atoms with van der Waals surface area (Å²) in [6.45, 7) is 0.415. The van der Waals surface area contributed by atoms with Crippen LogP contribution in [0.1, 0.15) is 12.0 Å². The summed E-state index contributed by atoms with van der Waals surface area (Å²) in [7, 11) is 1.66. The molecule has 1 aromatic rings. The van der Waals surface area contributed by atoms with E-state index in [0.717, 1.165) is 12.1 Å². The van der Waals surface area contributed by atoms with Crippen LogP contribution in [-0.2, 0) is 11.0 Å². The molecule has 2 rings (SSSR count). The lowest BCUT2D eigenvalue weighted by Gasteiger charge is -2.19. The highest BCUT2D eigenvalue weighted by atomic mass is 79.9. The molecule has 1 heterocycles. The summed E-state index contributed by atoms with van der Waals surface area (Å²) in [5.74, 6) is -0.200. The third kappa shape index (κ3) is 2.92. The van der Waals surface area contributed by atoms with E-state index < -0.39 is 11.7 Å². The second-order valence-electron chi connectivity index (χ2n) is 4.32. The lowest BCUT2D eigenvalue weighted by atomic mass is 10.2. The van der Waals surface area contributed by atoms with E-state index >= 15 is 0 Å². The molecule has 0 aliphatic carbocycles. The number of amides is 1. The van der Waals surface area contributed by atoms with Crippen LogP contribution in [0.5, 0.6) is 0 Å². The molecule has 1 atom stereocenters. The van der Waals surface area contributed by atoms with Gasteiger partial charge in [-0.1, -0.05) is 15.9 Å². The summed E-state index contributed by atoms with van der Waals surface area (Å²) >= 11 is 3.05. The average Bonchev–Trinajstić information content (AvgIpc) is 2.68. The standard InChI is InChI=1S/C12H12BrF3N2O/c1-17-10-2-3-18(11(10)19)9-5-7(12(14,15)16)4-8(13)6-9/h4-6,10,17H,2-3H2,1H3. The summed E-state index contributed by atoms with van der Waals surface area (Å²) < 4.78 is 38.5. The molecule has 1 aromatic carbocycles. The van der Waals surface area contributed by atoms with E-state index in [9.17, 15) is 18.0 Å². The minimum Gasteiger partial charge on any atom is -0.311 e. The van der Waals surface area contributed by atoms with Crippen molar-refractivity contribution < 1.29 is 18.0 Å². The van der Waals surface area contributed by atoms with Crippen LogP contribution in [0.15, 0.2) is 22.7 Å². The Morgan fingerprint density at radius 1 is 1.37 bits per heavy atom. The predicted molar refractivity (Wildman–Crippen MR) is 69.0 cm³/mol. The molecule has 1 unspecified atom stereocenters. The minimum absolute atomic E-state index is 0.200. The van der Waals surface area contributed by atoms with E-state index in [2.05, 4.69) is 21.2 Å². The van der Waals surface area contributed by atoms with Gasteiger partial charge >= 0.3 is 6.18 Å². The number of likely N-dealkylation sites (N-methyl/N-ethyl adjacent to an activating group) is 1. The van der Waals surface area contributed by atoms with Gasteiger partial charge in [0.1, 0.15) is 0 Å². The van der Waals surface area contributed by atoms with Gasteiger partial charge in [0.25, 0.3) is 0 Å². The summed E-state index contributed by atoms with van der Waals surface area (Å²) in [6, 6.07) is 3.19. The van der Waals surface area contributed by atoms with E-state index in [0.29, 0.717) is 17.4 Å². The number of hydrogen-bond acceptors (Lipinski definition) is 2. The Morgan fingerprint density at radius 2 is 2.05 bits per heavy atom. The number of alkyl halides is 3. The SMILES string of the molecule is CNC1CCN(c2cc(Br)cc(C(F)(F)F)c2)C1=O. The molecule has 0 saturated carbocycles. The monoisotopic (exact) mass is 336 g/mol. The molecule has 1 aliphatic heterocycles. The predicted octanol–water partition coefficient (Wildman–Crippen LogP) is 2.79. The molecule has 0 radical (unpaired) electrons. The Morgan fingerprint density at radius 3 is 2.58 bits per heavy atom. The zero-order chi connectivity index (χ0) is 14.2. The maximum absolute atomic E-state index is 12.7. The fraction of sp³-hybridized carbons (Fsp3) is 0.417. The number of anilines is 1. The van der Waals surface area contributed by atoms with E-state index in [1.807, 2.05) is 0 Å². The second-order valence-corrected chi connectivity index (χ2v) is 5.23. The Balaban J connectivity index is 2.36. The molecule has 1 fully saturated rings. The highest BCUT2D eigenvalue weighted by Crippen LogP contribution is 2.35. The fourth-order valence-corrected chi connectivity index (χ4v) is 2.58. The molecule has 0 aromatic heterocycles. The Bertz CT molecular complexity index is 504. The Hall–Kier alpha value is -1.08. The third-order valence-corrected chi connectivity index (χ3v) is 3.53. The van der Waals surface area contributed by atoms with E-state index in [1.165, 1.54) is 11.0 Å². The van der Waals surface area contributed by atoms with Crippen molar-refractivity contribution in [2.24, 2.45) is 0 Å². The zero-order valence-electron chi connectivity index (χ0n) is 10.1.